The SMILES string of the molecule is COc1cccc(C)c1Nc1ccncc1N. The Balaban J connectivity index is 2.39. The number of para-hydroxylation sites is 1. The number of aromatic nitrogens is 1. The van der Waals surface area contributed by atoms with Crippen molar-refractivity contribution in [2.24, 2.45) is 0 Å². The summed E-state index contributed by atoms with van der Waals surface area (Å²) >= 11 is 0. The van der Waals surface area contributed by atoms with E-state index in [0.717, 1.165) is 22.7 Å². The van der Waals surface area contributed by atoms with E-state index in [2.05, 4.69) is 10.3 Å². The highest BCUT2D eigenvalue weighted by atomic mass is 16.5. The van der Waals surface area contributed by atoms with Gasteiger partial charge >= 0.3 is 0 Å². The monoisotopic (exact) mass is 229 g/mol. The average Bonchev–Trinajstić information content (AvgIpc) is 2.34. The van der Waals surface area contributed by atoms with Crippen molar-refractivity contribution in [1.29, 1.82) is 0 Å². The maximum absolute atomic E-state index is 5.84. The van der Waals surface area contributed by atoms with Crippen LogP contribution < -0.4 is 15.8 Å². The zero-order valence-electron chi connectivity index (χ0n) is 9.90. The van der Waals surface area contributed by atoms with Crippen LogP contribution in [0.2, 0.25) is 0 Å². The van der Waals surface area contributed by atoms with E-state index in [-0.39, 0.29) is 0 Å². The molecule has 0 aliphatic rings. The number of ether oxygens (including phenoxy) is 1. The zero-order valence-corrected chi connectivity index (χ0v) is 9.90. The number of nitrogens with zero attached hydrogens (tertiary/aromatic N) is 1. The molecule has 0 aliphatic heterocycles. The number of pyridine rings is 1. The Morgan fingerprint density at radius 1 is 1.29 bits per heavy atom. The highest BCUT2D eigenvalue weighted by Gasteiger charge is 2.07. The lowest BCUT2D eigenvalue weighted by molar-refractivity contribution is 0.416. The Bertz CT molecular complexity index is 526. The highest BCUT2D eigenvalue weighted by Crippen LogP contribution is 2.32. The van der Waals surface area contributed by atoms with Crippen LogP contribution in [-0.4, -0.2) is 12.1 Å². The van der Waals surface area contributed by atoms with Crippen LogP contribution in [0.15, 0.2) is 36.7 Å². The standard InChI is InChI=1S/C13H15N3O/c1-9-4-3-5-12(17-2)13(9)16-11-6-7-15-8-10(11)14/h3-8H,14H2,1-2H3,(H,15,16). The summed E-state index contributed by atoms with van der Waals surface area (Å²) in [6.45, 7) is 2.02. The summed E-state index contributed by atoms with van der Waals surface area (Å²) in [5.41, 5.74) is 9.30. The van der Waals surface area contributed by atoms with Crippen molar-refractivity contribution in [2.75, 3.05) is 18.2 Å². The second-order valence-corrected chi connectivity index (χ2v) is 3.74. The smallest absolute Gasteiger partial charge is 0.142 e. The molecular formula is C13H15N3O. The number of nitrogens with two attached hydrogens (primary N) is 1. The van der Waals surface area contributed by atoms with Gasteiger partial charge < -0.3 is 15.8 Å². The lowest BCUT2D eigenvalue weighted by Gasteiger charge is -2.14. The summed E-state index contributed by atoms with van der Waals surface area (Å²) in [6, 6.07) is 7.71. The minimum absolute atomic E-state index is 0.609. The molecular weight excluding hydrogens is 214 g/mol. The van der Waals surface area contributed by atoms with Crippen molar-refractivity contribution in [3.05, 3.63) is 42.2 Å². The van der Waals surface area contributed by atoms with Gasteiger partial charge in [-0.1, -0.05) is 12.1 Å². The topological polar surface area (TPSA) is 60.2 Å². The van der Waals surface area contributed by atoms with E-state index in [1.807, 2.05) is 31.2 Å². The van der Waals surface area contributed by atoms with Crippen LogP contribution >= 0.6 is 0 Å². The number of aryl methyl sites for hydroxylation is 1. The van der Waals surface area contributed by atoms with Crippen molar-refractivity contribution in [1.82, 2.24) is 4.98 Å². The largest absolute Gasteiger partial charge is 0.495 e. The molecule has 88 valence electrons. The number of nitrogens with one attached hydrogen (secondary N) is 1. The van der Waals surface area contributed by atoms with Crippen LogP contribution in [0.4, 0.5) is 17.1 Å². The molecule has 0 atom stereocenters. The lowest BCUT2D eigenvalue weighted by Crippen LogP contribution is -2.00. The summed E-state index contributed by atoms with van der Waals surface area (Å²) in [4.78, 5) is 3.96. The molecule has 0 fully saturated rings. The summed E-state index contributed by atoms with van der Waals surface area (Å²) < 4.78 is 5.32. The molecule has 0 amide bonds. The second-order valence-electron chi connectivity index (χ2n) is 3.74. The Kier molecular flexibility index (Phi) is 3.14. The first-order valence-corrected chi connectivity index (χ1v) is 5.32. The van der Waals surface area contributed by atoms with Gasteiger partial charge in [0, 0.05) is 6.20 Å². The molecule has 0 spiro atoms. The quantitative estimate of drug-likeness (QED) is 0.849. The molecule has 0 aliphatic carbocycles. The van der Waals surface area contributed by atoms with Crippen LogP contribution in [0.1, 0.15) is 5.56 Å². The van der Waals surface area contributed by atoms with Gasteiger partial charge in [-0.25, -0.2) is 0 Å². The molecule has 0 saturated heterocycles. The summed E-state index contributed by atoms with van der Waals surface area (Å²) in [5, 5.41) is 3.27. The van der Waals surface area contributed by atoms with Gasteiger partial charge in [0.15, 0.2) is 0 Å². The van der Waals surface area contributed by atoms with E-state index >= 15 is 0 Å². The van der Waals surface area contributed by atoms with Crippen molar-refractivity contribution < 1.29 is 4.74 Å². The number of benzene rings is 1. The maximum Gasteiger partial charge on any atom is 0.142 e. The Morgan fingerprint density at radius 2 is 2.12 bits per heavy atom. The first kappa shape index (κ1) is 11.3. The van der Waals surface area contributed by atoms with Crippen LogP contribution in [0, 0.1) is 6.92 Å². The number of hydrogen-bond acceptors (Lipinski definition) is 4. The van der Waals surface area contributed by atoms with Crippen molar-refractivity contribution >= 4 is 17.1 Å². The van der Waals surface area contributed by atoms with Gasteiger partial charge in [0.1, 0.15) is 5.75 Å². The van der Waals surface area contributed by atoms with Gasteiger partial charge in [0.2, 0.25) is 0 Å². The fraction of sp³-hybridized carbons (Fsp3) is 0.154. The number of rotatable bonds is 3. The molecule has 17 heavy (non-hydrogen) atoms. The fourth-order valence-corrected chi connectivity index (χ4v) is 1.63. The van der Waals surface area contributed by atoms with Gasteiger partial charge in [-0.3, -0.25) is 4.98 Å². The van der Waals surface area contributed by atoms with E-state index in [1.54, 1.807) is 19.5 Å². The van der Waals surface area contributed by atoms with Gasteiger partial charge in [-0.05, 0) is 24.6 Å². The molecule has 1 aromatic heterocycles. The predicted molar refractivity (Wildman–Crippen MR) is 69.7 cm³/mol. The maximum atomic E-state index is 5.84. The number of methoxy groups -OCH3 is 1. The van der Waals surface area contributed by atoms with E-state index in [0.29, 0.717) is 5.69 Å². The van der Waals surface area contributed by atoms with Gasteiger partial charge in [0.25, 0.3) is 0 Å². The second kappa shape index (κ2) is 4.74. The molecule has 2 aromatic rings. The summed E-state index contributed by atoms with van der Waals surface area (Å²) in [6.07, 6.45) is 3.32. The van der Waals surface area contributed by atoms with Crippen molar-refractivity contribution in [2.45, 2.75) is 6.92 Å². The summed E-state index contributed by atoms with van der Waals surface area (Å²) in [7, 11) is 1.65. The zero-order chi connectivity index (χ0) is 12.3. The van der Waals surface area contributed by atoms with Crippen LogP contribution in [0.3, 0.4) is 0 Å². The molecule has 3 N–H and O–H groups in total. The van der Waals surface area contributed by atoms with Gasteiger partial charge in [-0.15, -0.1) is 0 Å². The first-order chi connectivity index (χ1) is 8.22. The molecule has 0 radical (unpaired) electrons. The molecule has 0 saturated carbocycles. The Hall–Kier alpha value is -2.23. The van der Waals surface area contributed by atoms with E-state index in [9.17, 15) is 0 Å². The normalized spacial score (nSPS) is 10.0. The van der Waals surface area contributed by atoms with Crippen LogP contribution in [-0.2, 0) is 0 Å². The third kappa shape index (κ3) is 2.30. The molecule has 1 heterocycles. The minimum Gasteiger partial charge on any atom is -0.495 e. The van der Waals surface area contributed by atoms with Crippen molar-refractivity contribution in [3.8, 4) is 5.75 Å². The molecule has 2 rings (SSSR count). The average molecular weight is 229 g/mol. The Labute approximate surface area is 100 Å². The third-order valence-corrected chi connectivity index (χ3v) is 2.57. The van der Waals surface area contributed by atoms with Crippen molar-refractivity contribution in [3.63, 3.8) is 0 Å². The molecule has 0 unspecified atom stereocenters. The van der Waals surface area contributed by atoms with Gasteiger partial charge in [-0.2, -0.15) is 0 Å². The number of nitrogen functional groups attached to an aromatic ring is 1. The lowest BCUT2D eigenvalue weighted by atomic mass is 10.1. The van der Waals surface area contributed by atoms with Crippen LogP contribution in [0.5, 0.6) is 5.75 Å². The van der Waals surface area contributed by atoms with E-state index < -0.39 is 0 Å². The highest BCUT2D eigenvalue weighted by molar-refractivity contribution is 5.76. The molecule has 1 aromatic carbocycles. The number of anilines is 3. The number of hydrogen-bond donors (Lipinski definition) is 2. The molecule has 4 heteroatoms. The summed E-state index contributed by atoms with van der Waals surface area (Å²) in [5.74, 6) is 0.793. The van der Waals surface area contributed by atoms with Gasteiger partial charge in [0.05, 0.1) is 30.4 Å². The predicted octanol–water partition coefficient (Wildman–Crippen LogP) is 2.72. The fourth-order valence-electron chi connectivity index (χ4n) is 1.63. The Morgan fingerprint density at radius 3 is 2.82 bits per heavy atom. The third-order valence-electron chi connectivity index (χ3n) is 2.57. The van der Waals surface area contributed by atoms with E-state index in [4.69, 9.17) is 10.5 Å². The minimum atomic E-state index is 0.609. The van der Waals surface area contributed by atoms with Crippen LogP contribution in [0.25, 0.3) is 0 Å². The molecule has 0 bridgehead atoms. The molecule has 4 nitrogen and oxygen atoms in total. The van der Waals surface area contributed by atoms with E-state index in [1.165, 1.54) is 0 Å². The first-order valence-electron chi connectivity index (χ1n) is 5.32.